The number of carbonyl (C=O) groups is 1. The first-order valence-corrected chi connectivity index (χ1v) is 6.91. The van der Waals surface area contributed by atoms with Crippen LogP contribution in [0.25, 0.3) is 0 Å². The Bertz CT molecular complexity index is 496. The van der Waals surface area contributed by atoms with Crippen LogP contribution in [-0.4, -0.2) is 21.0 Å². The fourth-order valence-corrected chi connectivity index (χ4v) is 2.02. The Labute approximate surface area is 101 Å². The highest BCUT2D eigenvalue weighted by Crippen LogP contribution is 2.12. The van der Waals surface area contributed by atoms with Gasteiger partial charge in [0.05, 0.1) is 17.9 Å². The third-order valence-corrected chi connectivity index (χ3v) is 2.74. The van der Waals surface area contributed by atoms with Gasteiger partial charge in [0.15, 0.2) is 0 Å². The van der Waals surface area contributed by atoms with Gasteiger partial charge in [-0.25, -0.2) is 18.4 Å². The van der Waals surface area contributed by atoms with Crippen LogP contribution in [-0.2, 0) is 20.5 Å². The highest BCUT2D eigenvalue weighted by Gasteiger charge is 2.15. The molecule has 1 aromatic carbocycles. The van der Waals surface area contributed by atoms with Crippen molar-refractivity contribution in [3.63, 3.8) is 0 Å². The van der Waals surface area contributed by atoms with Crippen molar-refractivity contribution in [3.8, 4) is 0 Å². The molecule has 0 spiro atoms. The number of sulfonamides is 1. The molecule has 0 aliphatic heterocycles. The van der Waals surface area contributed by atoms with E-state index < -0.39 is 16.0 Å². The maximum absolute atomic E-state index is 11.7. The van der Waals surface area contributed by atoms with Gasteiger partial charge in [-0.05, 0) is 18.1 Å². The maximum atomic E-state index is 11.7. The molecule has 5 nitrogen and oxygen atoms in total. The minimum Gasteiger partial charge on any atom is -0.462 e. The average molecular weight is 257 g/mol. The summed E-state index contributed by atoms with van der Waals surface area (Å²) in [5, 5.41) is 4.96. The lowest BCUT2D eigenvalue weighted by atomic mass is 10.1. The van der Waals surface area contributed by atoms with Crippen molar-refractivity contribution in [2.75, 3.05) is 6.61 Å². The lowest BCUT2D eigenvalue weighted by Gasteiger charge is -2.07. The van der Waals surface area contributed by atoms with Crippen LogP contribution in [0.1, 0.15) is 29.3 Å². The zero-order valence-electron chi connectivity index (χ0n) is 9.55. The summed E-state index contributed by atoms with van der Waals surface area (Å²) >= 11 is 0. The summed E-state index contributed by atoms with van der Waals surface area (Å²) in [5.74, 6) is -0.893. The minimum absolute atomic E-state index is 0.245. The molecule has 0 amide bonds. The first kappa shape index (κ1) is 13.7. The third-order valence-electron chi connectivity index (χ3n) is 2.03. The predicted octanol–water partition coefficient (Wildman–Crippen LogP) is 1.04. The smallest absolute Gasteiger partial charge is 0.338 e. The number of esters is 1. The van der Waals surface area contributed by atoms with Crippen molar-refractivity contribution in [2.24, 2.45) is 5.14 Å². The number of ether oxygens (including phenoxy) is 1. The van der Waals surface area contributed by atoms with Gasteiger partial charge in [0.1, 0.15) is 0 Å². The summed E-state index contributed by atoms with van der Waals surface area (Å²) in [5.41, 5.74) is 0.603. The van der Waals surface area contributed by atoms with Crippen molar-refractivity contribution in [2.45, 2.75) is 19.1 Å². The molecule has 0 saturated carbocycles. The van der Waals surface area contributed by atoms with Crippen molar-refractivity contribution in [1.29, 1.82) is 0 Å². The van der Waals surface area contributed by atoms with Gasteiger partial charge >= 0.3 is 5.97 Å². The number of hydrogen-bond donors (Lipinski definition) is 1. The molecule has 0 aliphatic carbocycles. The molecule has 0 atom stereocenters. The van der Waals surface area contributed by atoms with Gasteiger partial charge in [-0.15, -0.1) is 0 Å². The summed E-state index contributed by atoms with van der Waals surface area (Å²) in [6, 6.07) is 6.37. The summed E-state index contributed by atoms with van der Waals surface area (Å²) in [6.45, 7) is 2.19. The first-order valence-electron chi connectivity index (χ1n) is 5.19. The van der Waals surface area contributed by atoms with E-state index >= 15 is 0 Å². The maximum Gasteiger partial charge on any atom is 0.338 e. The predicted molar refractivity (Wildman–Crippen MR) is 63.8 cm³/mol. The van der Waals surface area contributed by atoms with E-state index in [0.29, 0.717) is 18.6 Å². The molecular weight excluding hydrogens is 242 g/mol. The normalized spacial score (nSPS) is 11.2. The van der Waals surface area contributed by atoms with E-state index in [1.807, 2.05) is 6.92 Å². The highest BCUT2D eigenvalue weighted by atomic mass is 32.2. The third kappa shape index (κ3) is 4.54. The Kier molecular flexibility index (Phi) is 4.65. The molecule has 0 unspecified atom stereocenters. The molecular formula is C11H15NO4S. The SMILES string of the molecule is CCCOC(=O)c1ccccc1CS(N)(=O)=O. The number of primary sulfonamides is 1. The molecule has 0 aromatic heterocycles. The monoisotopic (exact) mass is 257 g/mol. The fraction of sp³-hybridized carbons (Fsp3) is 0.364. The van der Waals surface area contributed by atoms with Gasteiger partial charge in [0, 0.05) is 0 Å². The standard InChI is InChI=1S/C11H15NO4S/c1-2-7-16-11(13)10-6-4-3-5-9(10)8-17(12,14)15/h3-6H,2,7-8H2,1H3,(H2,12,14,15). The van der Waals surface area contributed by atoms with Gasteiger partial charge in [0.25, 0.3) is 0 Å². The summed E-state index contributed by atoms with van der Waals surface area (Å²) in [7, 11) is -3.66. The van der Waals surface area contributed by atoms with Crippen LogP contribution in [0.4, 0.5) is 0 Å². The average Bonchev–Trinajstić information content (AvgIpc) is 2.24. The fourth-order valence-electron chi connectivity index (χ4n) is 1.33. The van der Waals surface area contributed by atoms with Crippen molar-refractivity contribution < 1.29 is 17.9 Å². The molecule has 0 fully saturated rings. The van der Waals surface area contributed by atoms with Crippen molar-refractivity contribution >= 4 is 16.0 Å². The Morgan fingerprint density at radius 1 is 1.35 bits per heavy atom. The molecule has 1 aromatic rings. The zero-order valence-corrected chi connectivity index (χ0v) is 10.4. The summed E-state index contributed by atoms with van der Waals surface area (Å²) < 4.78 is 27.0. The summed E-state index contributed by atoms with van der Waals surface area (Å²) in [4.78, 5) is 11.7. The van der Waals surface area contributed by atoms with Gasteiger partial charge in [-0.1, -0.05) is 25.1 Å². The molecule has 6 heteroatoms. The van der Waals surface area contributed by atoms with Crippen molar-refractivity contribution in [3.05, 3.63) is 35.4 Å². The van der Waals surface area contributed by atoms with E-state index in [1.54, 1.807) is 18.2 Å². The quantitative estimate of drug-likeness (QED) is 0.798. The Morgan fingerprint density at radius 2 is 2.00 bits per heavy atom. The highest BCUT2D eigenvalue weighted by molar-refractivity contribution is 7.88. The Balaban J connectivity index is 2.95. The molecule has 17 heavy (non-hydrogen) atoms. The van der Waals surface area contributed by atoms with Gasteiger partial charge in [0.2, 0.25) is 10.0 Å². The lowest BCUT2D eigenvalue weighted by molar-refractivity contribution is 0.0504. The van der Waals surface area contributed by atoms with E-state index in [-0.39, 0.29) is 11.3 Å². The van der Waals surface area contributed by atoms with E-state index in [9.17, 15) is 13.2 Å². The second-order valence-electron chi connectivity index (χ2n) is 3.60. The van der Waals surface area contributed by atoms with Crippen LogP contribution in [0.5, 0.6) is 0 Å². The molecule has 1 rings (SSSR count). The largest absolute Gasteiger partial charge is 0.462 e. The van der Waals surface area contributed by atoms with E-state index in [4.69, 9.17) is 9.88 Å². The van der Waals surface area contributed by atoms with Crippen LogP contribution >= 0.6 is 0 Å². The molecule has 0 heterocycles. The zero-order chi connectivity index (χ0) is 12.9. The molecule has 94 valence electrons. The van der Waals surface area contributed by atoms with Gasteiger partial charge < -0.3 is 4.74 Å². The first-order chi connectivity index (χ1) is 7.94. The molecule has 0 aliphatic rings. The number of benzene rings is 1. The van der Waals surface area contributed by atoms with Gasteiger partial charge in [-0.3, -0.25) is 0 Å². The Hall–Kier alpha value is -1.40. The van der Waals surface area contributed by atoms with E-state index in [2.05, 4.69) is 0 Å². The number of carbonyl (C=O) groups excluding carboxylic acids is 1. The summed E-state index contributed by atoms with van der Waals surface area (Å²) in [6.07, 6.45) is 0.711. The molecule has 0 radical (unpaired) electrons. The van der Waals surface area contributed by atoms with Crippen LogP contribution < -0.4 is 5.14 Å². The van der Waals surface area contributed by atoms with Crippen LogP contribution in [0.3, 0.4) is 0 Å². The van der Waals surface area contributed by atoms with E-state index in [0.717, 1.165) is 0 Å². The second-order valence-corrected chi connectivity index (χ2v) is 5.21. The van der Waals surface area contributed by atoms with Crippen LogP contribution in [0, 0.1) is 0 Å². The van der Waals surface area contributed by atoms with E-state index in [1.165, 1.54) is 6.07 Å². The number of hydrogen-bond acceptors (Lipinski definition) is 4. The number of rotatable bonds is 5. The second kappa shape index (κ2) is 5.79. The molecule has 0 saturated heterocycles. The molecule has 0 bridgehead atoms. The van der Waals surface area contributed by atoms with Crippen LogP contribution in [0.15, 0.2) is 24.3 Å². The minimum atomic E-state index is -3.66. The topological polar surface area (TPSA) is 86.5 Å². The molecule has 2 N–H and O–H groups in total. The lowest BCUT2D eigenvalue weighted by Crippen LogP contribution is -2.17. The Morgan fingerprint density at radius 3 is 2.59 bits per heavy atom. The van der Waals surface area contributed by atoms with Crippen LogP contribution in [0.2, 0.25) is 0 Å². The van der Waals surface area contributed by atoms with Gasteiger partial charge in [-0.2, -0.15) is 0 Å². The number of nitrogens with two attached hydrogens (primary N) is 1. The van der Waals surface area contributed by atoms with Crippen molar-refractivity contribution in [1.82, 2.24) is 0 Å².